The van der Waals surface area contributed by atoms with E-state index in [0.717, 1.165) is 0 Å². The zero-order valence-corrected chi connectivity index (χ0v) is 9.79. The Bertz CT molecular complexity index is 671. The predicted octanol–water partition coefficient (Wildman–Crippen LogP) is 1.67. The van der Waals surface area contributed by atoms with E-state index in [-0.39, 0.29) is 5.78 Å². The van der Waals surface area contributed by atoms with Gasteiger partial charge in [-0.1, -0.05) is 29.4 Å². The zero-order chi connectivity index (χ0) is 12.7. The lowest BCUT2D eigenvalue weighted by Gasteiger charge is -2.16. The Balaban J connectivity index is 2.34. The van der Waals surface area contributed by atoms with Crippen LogP contribution in [0.4, 0.5) is 0 Å². The summed E-state index contributed by atoms with van der Waals surface area (Å²) in [6.07, 6.45) is 1.60. The molecule has 1 aromatic carbocycles. The summed E-state index contributed by atoms with van der Waals surface area (Å²) in [6, 6.07) is 7.09. The van der Waals surface area contributed by atoms with Crippen molar-refractivity contribution < 1.29 is 10.0 Å². The SMILES string of the molecule is CCn1cnc2c1C(=O)c1ccccc1/C2=N\O. The summed E-state index contributed by atoms with van der Waals surface area (Å²) in [5, 5.41) is 12.5. The number of benzene rings is 1. The van der Waals surface area contributed by atoms with Gasteiger partial charge >= 0.3 is 0 Å². The Morgan fingerprint density at radius 3 is 2.72 bits per heavy atom. The molecule has 0 saturated heterocycles. The molecule has 2 aromatic rings. The summed E-state index contributed by atoms with van der Waals surface area (Å²) in [7, 11) is 0. The number of hydrogen-bond acceptors (Lipinski definition) is 4. The lowest BCUT2D eigenvalue weighted by Crippen LogP contribution is -2.23. The fourth-order valence-electron chi connectivity index (χ4n) is 2.28. The van der Waals surface area contributed by atoms with E-state index in [0.29, 0.717) is 34.8 Å². The quantitative estimate of drug-likeness (QED) is 0.520. The van der Waals surface area contributed by atoms with Crippen LogP contribution in [0.3, 0.4) is 0 Å². The van der Waals surface area contributed by atoms with Crippen LogP contribution in [0.1, 0.15) is 34.2 Å². The number of aromatic nitrogens is 2. The number of imidazole rings is 1. The molecule has 0 aliphatic heterocycles. The number of aryl methyl sites for hydroxylation is 1. The van der Waals surface area contributed by atoms with Crippen LogP contribution in [0.15, 0.2) is 35.7 Å². The van der Waals surface area contributed by atoms with E-state index >= 15 is 0 Å². The fourth-order valence-corrected chi connectivity index (χ4v) is 2.28. The van der Waals surface area contributed by atoms with Gasteiger partial charge in [0, 0.05) is 17.7 Å². The third kappa shape index (κ3) is 1.24. The minimum atomic E-state index is -0.0765. The maximum absolute atomic E-state index is 12.4. The largest absolute Gasteiger partial charge is 0.410 e. The van der Waals surface area contributed by atoms with E-state index in [1.165, 1.54) is 0 Å². The number of carbonyl (C=O) groups is 1. The second-order valence-electron chi connectivity index (χ2n) is 4.05. The Kier molecular flexibility index (Phi) is 2.26. The molecule has 5 heteroatoms. The number of rotatable bonds is 1. The van der Waals surface area contributed by atoms with E-state index < -0.39 is 0 Å². The Morgan fingerprint density at radius 1 is 1.33 bits per heavy atom. The molecule has 1 N–H and O–H groups in total. The average Bonchev–Trinajstić information content (AvgIpc) is 2.83. The van der Waals surface area contributed by atoms with Crippen LogP contribution >= 0.6 is 0 Å². The second kappa shape index (κ2) is 3.80. The van der Waals surface area contributed by atoms with E-state index in [1.807, 2.05) is 6.92 Å². The van der Waals surface area contributed by atoms with Crippen molar-refractivity contribution in [3.05, 3.63) is 53.1 Å². The number of oxime groups is 1. The van der Waals surface area contributed by atoms with Gasteiger partial charge in [0.05, 0.1) is 6.33 Å². The summed E-state index contributed by atoms with van der Waals surface area (Å²) in [5.74, 6) is -0.0765. The Morgan fingerprint density at radius 2 is 2.06 bits per heavy atom. The first-order chi connectivity index (χ1) is 8.77. The third-order valence-electron chi connectivity index (χ3n) is 3.14. The maximum Gasteiger partial charge on any atom is 0.212 e. The number of carbonyl (C=O) groups excluding carboxylic acids is 1. The van der Waals surface area contributed by atoms with Gasteiger partial charge in [0.15, 0.2) is 0 Å². The minimum absolute atomic E-state index is 0.0765. The first kappa shape index (κ1) is 10.7. The zero-order valence-electron chi connectivity index (χ0n) is 9.79. The normalized spacial score (nSPS) is 15.6. The van der Waals surface area contributed by atoms with Gasteiger partial charge in [-0.2, -0.15) is 0 Å². The van der Waals surface area contributed by atoms with Gasteiger partial charge in [-0.15, -0.1) is 0 Å². The fraction of sp³-hybridized carbons (Fsp3) is 0.154. The van der Waals surface area contributed by atoms with Gasteiger partial charge < -0.3 is 9.77 Å². The average molecular weight is 241 g/mol. The highest BCUT2D eigenvalue weighted by molar-refractivity contribution is 6.28. The highest BCUT2D eigenvalue weighted by Crippen LogP contribution is 2.26. The Hall–Kier alpha value is -2.43. The van der Waals surface area contributed by atoms with Gasteiger partial charge in [-0.25, -0.2) is 4.98 Å². The molecule has 18 heavy (non-hydrogen) atoms. The molecule has 1 aliphatic carbocycles. The van der Waals surface area contributed by atoms with Crippen molar-refractivity contribution in [3.8, 4) is 0 Å². The second-order valence-corrected chi connectivity index (χ2v) is 4.05. The molecule has 90 valence electrons. The number of fused-ring (bicyclic) bond motifs is 2. The molecule has 1 aliphatic rings. The van der Waals surface area contributed by atoms with Crippen molar-refractivity contribution in [1.29, 1.82) is 0 Å². The molecule has 0 amide bonds. The first-order valence-electron chi connectivity index (χ1n) is 5.69. The van der Waals surface area contributed by atoms with E-state index in [9.17, 15) is 10.0 Å². The molecular weight excluding hydrogens is 230 g/mol. The minimum Gasteiger partial charge on any atom is -0.410 e. The lowest BCUT2D eigenvalue weighted by molar-refractivity contribution is 0.102. The molecule has 5 nitrogen and oxygen atoms in total. The molecular formula is C13H11N3O2. The molecule has 1 heterocycles. The van der Waals surface area contributed by atoms with Crippen LogP contribution < -0.4 is 0 Å². The Labute approximate surface area is 103 Å². The van der Waals surface area contributed by atoms with E-state index in [4.69, 9.17) is 0 Å². The number of ketones is 1. The smallest absolute Gasteiger partial charge is 0.212 e. The standard InChI is InChI=1S/C13H11N3O2/c1-2-16-7-14-11-10(15-18)8-5-3-4-6-9(8)13(17)12(11)16/h3-7,18H,2H2,1H3/b15-10+. The van der Waals surface area contributed by atoms with Gasteiger partial charge in [-0.3, -0.25) is 4.79 Å². The third-order valence-corrected chi connectivity index (χ3v) is 3.14. The first-order valence-corrected chi connectivity index (χ1v) is 5.69. The summed E-state index contributed by atoms with van der Waals surface area (Å²) < 4.78 is 1.76. The molecule has 0 saturated carbocycles. The van der Waals surface area contributed by atoms with Crippen molar-refractivity contribution in [2.75, 3.05) is 0 Å². The van der Waals surface area contributed by atoms with Crippen LogP contribution in [0, 0.1) is 0 Å². The molecule has 0 bridgehead atoms. The highest BCUT2D eigenvalue weighted by atomic mass is 16.4. The summed E-state index contributed by atoms with van der Waals surface area (Å²) in [5.41, 5.74) is 2.46. The molecule has 3 rings (SSSR count). The van der Waals surface area contributed by atoms with Gasteiger partial charge in [0.1, 0.15) is 17.1 Å². The van der Waals surface area contributed by atoms with Crippen molar-refractivity contribution in [1.82, 2.24) is 9.55 Å². The molecule has 0 unspecified atom stereocenters. The van der Waals surface area contributed by atoms with E-state index in [2.05, 4.69) is 10.1 Å². The van der Waals surface area contributed by atoms with Crippen LogP contribution in [-0.2, 0) is 6.54 Å². The topological polar surface area (TPSA) is 67.5 Å². The number of hydrogen-bond donors (Lipinski definition) is 1. The van der Waals surface area contributed by atoms with Gasteiger partial charge in [0.2, 0.25) is 5.78 Å². The van der Waals surface area contributed by atoms with Crippen LogP contribution in [0.25, 0.3) is 0 Å². The van der Waals surface area contributed by atoms with Crippen molar-refractivity contribution in [3.63, 3.8) is 0 Å². The number of nitrogens with zero attached hydrogens (tertiary/aromatic N) is 3. The van der Waals surface area contributed by atoms with Gasteiger partial charge in [0.25, 0.3) is 0 Å². The predicted molar refractivity (Wildman–Crippen MR) is 65.2 cm³/mol. The van der Waals surface area contributed by atoms with Crippen molar-refractivity contribution in [2.24, 2.45) is 5.16 Å². The van der Waals surface area contributed by atoms with Crippen LogP contribution in [0.5, 0.6) is 0 Å². The van der Waals surface area contributed by atoms with Crippen molar-refractivity contribution in [2.45, 2.75) is 13.5 Å². The lowest BCUT2D eigenvalue weighted by atomic mass is 9.89. The van der Waals surface area contributed by atoms with Gasteiger partial charge in [-0.05, 0) is 6.92 Å². The summed E-state index contributed by atoms with van der Waals surface area (Å²) >= 11 is 0. The van der Waals surface area contributed by atoms with Crippen LogP contribution in [-0.4, -0.2) is 26.3 Å². The molecule has 0 fully saturated rings. The summed E-state index contributed by atoms with van der Waals surface area (Å²) in [4.78, 5) is 16.6. The van der Waals surface area contributed by atoms with E-state index in [1.54, 1.807) is 35.2 Å². The molecule has 0 atom stereocenters. The van der Waals surface area contributed by atoms with Crippen molar-refractivity contribution >= 4 is 11.5 Å². The monoisotopic (exact) mass is 241 g/mol. The maximum atomic E-state index is 12.4. The molecule has 0 radical (unpaired) electrons. The molecule has 1 aromatic heterocycles. The summed E-state index contributed by atoms with van der Waals surface area (Å²) in [6.45, 7) is 2.58. The molecule has 0 spiro atoms. The highest BCUT2D eigenvalue weighted by Gasteiger charge is 2.32. The van der Waals surface area contributed by atoms with Crippen LogP contribution in [0.2, 0.25) is 0 Å².